The molecule has 1 aromatic heterocycles. The van der Waals surface area contributed by atoms with E-state index < -0.39 is 0 Å². The maximum atomic E-state index is 4.83. The van der Waals surface area contributed by atoms with Gasteiger partial charge in [0.05, 0.1) is 0 Å². The number of hydrogen-bond acceptors (Lipinski definition) is 4. The van der Waals surface area contributed by atoms with Crippen LogP contribution in [-0.4, -0.2) is 52.3 Å². The number of aliphatic imine (C=N–C) groups is 1. The van der Waals surface area contributed by atoms with Gasteiger partial charge in [0.2, 0.25) is 0 Å². The molecule has 0 bridgehead atoms. The van der Waals surface area contributed by atoms with Crippen molar-refractivity contribution >= 4 is 35.6 Å². The molecule has 0 aliphatic carbocycles. The fourth-order valence-electron chi connectivity index (χ4n) is 3.74. The number of piperidine rings is 1. The summed E-state index contributed by atoms with van der Waals surface area (Å²) in [6.07, 6.45) is 6.25. The predicted octanol–water partition coefficient (Wildman–Crippen LogP) is 4.11. The van der Waals surface area contributed by atoms with E-state index in [1.807, 2.05) is 18.5 Å². The van der Waals surface area contributed by atoms with E-state index in [0.717, 1.165) is 43.5 Å². The van der Waals surface area contributed by atoms with Crippen LogP contribution in [0.3, 0.4) is 0 Å². The van der Waals surface area contributed by atoms with Crippen LogP contribution in [0.4, 0.5) is 5.69 Å². The molecular formula is C23H38IN7. The van der Waals surface area contributed by atoms with Crippen molar-refractivity contribution in [2.24, 2.45) is 12.0 Å². The Kier molecular flexibility index (Phi) is 10.6. The van der Waals surface area contributed by atoms with Crippen molar-refractivity contribution in [3.8, 4) is 0 Å². The lowest BCUT2D eigenvalue weighted by molar-refractivity contribution is 0.472. The summed E-state index contributed by atoms with van der Waals surface area (Å²) in [5.41, 5.74) is 2.63. The van der Waals surface area contributed by atoms with E-state index in [2.05, 4.69) is 63.6 Å². The lowest BCUT2D eigenvalue weighted by Crippen LogP contribution is -2.39. The molecular weight excluding hydrogens is 501 g/mol. The molecule has 1 aliphatic heterocycles. The zero-order valence-electron chi connectivity index (χ0n) is 19.5. The average molecular weight is 540 g/mol. The highest BCUT2D eigenvalue weighted by molar-refractivity contribution is 14.0. The van der Waals surface area contributed by atoms with Gasteiger partial charge >= 0.3 is 0 Å². The predicted molar refractivity (Wildman–Crippen MR) is 139 cm³/mol. The second-order valence-electron chi connectivity index (χ2n) is 8.21. The van der Waals surface area contributed by atoms with Crippen LogP contribution in [0.2, 0.25) is 0 Å². The summed E-state index contributed by atoms with van der Waals surface area (Å²) in [6.45, 7) is 8.78. The molecule has 1 aromatic carbocycles. The first-order valence-electron chi connectivity index (χ1n) is 11.3. The Balaban J connectivity index is 0.00000341. The Morgan fingerprint density at radius 3 is 2.45 bits per heavy atom. The van der Waals surface area contributed by atoms with Gasteiger partial charge in [-0.25, -0.2) is 4.99 Å². The minimum atomic E-state index is 0. The number of anilines is 1. The molecule has 0 unspecified atom stereocenters. The van der Waals surface area contributed by atoms with Crippen LogP contribution >= 0.6 is 24.0 Å². The summed E-state index contributed by atoms with van der Waals surface area (Å²) in [7, 11) is 4.08. The molecule has 2 aromatic rings. The Hall–Kier alpha value is -1.84. The number of benzene rings is 1. The Labute approximate surface area is 204 Å². The van der Waals surface area contributed by atoms with E-state index in [0.29, 0.717) is 6.54 Å². The van der Waals surface area contributed by atoms with Crippen LogP contribution in [0.1, 0.15) is 56.2 Å². The van der Waals surface area contributed by atoms with E-state index in [-0.39, 0.29) is 24.0 Å². The van der Waals surface area contributed by atoms with Crippen molar-refractivity contribution in [3.63, 3.8) is 0 Å². The number of hydrogen-bond donors (Lipinski definition) is 1. The third-order valence-corrected chi connectivity index (χ3v) is 5.81. The van der Waals surface area contributed by atoms with Gasteiger partial charge in [-0.05, 0) is 50.3 Å². The van der Waals surface area contributed by atoms with Crippen molar-refractivity contribution in [2.45, 2.75) is 59.0 Å². The zero-order chi connectivity index (χ0) is 21.3. The van der Waals surface area contributed by atoms with Gasteiger partial charge in [0.15, 0.2) is 11.8 Å². The SMILES string of the molecule is CCCCNC(=NCc1nnc(C)n1C)N(C)Cc1ccc(N2CCCCC2)cc1.I. The summed E-state index contributed by atoms with van der Waals surface area (Å²) in [6, 6.07) is 9.02. The molecule has 31 heavy (non-hydrogen) atoms. The number of rotatable bonds is 8. The van der Waals surface area contributed by atoms with Gasteiger partial charge < -0.3 is 19.7 Å². The van der Waals surface area contributed by atoms with Gasteiger partial charge in [-0.15, -0.1) is 34.2 Å². The first kappa shape index (κ1) is 25.4. The van der Waals surface area contributed by atoms with Gasteiger partial charge in [-0.1, -0.05) is 25.5 Å². The number of nitrogens with zero attached hydrogens (tertiary/aromatic N) is 6. The van der Waals surface area contributed by atoms with Crippen molar-refractivity contribution in [1.82, 2.24) is 25.0 Å². The molecule has 1 aliphatic rings. The van der Waals surface area contributed by atoms with Crippen molar-refractivity contribution in [3.05, 3.63) is 41.5 Å². The van der Waals surface area contributed by atoms with Gasteiger partial charge in [0.1, 0.15) is 12.4 Å². The molecule has 0 amide bonds. The number of unbranched alkanes of at least 4 members (excludes halogenated alkanes) is 1. The summed E-state index contributed by atoms with van der Waals surface area (Å²) >= 11 is 0. The molecule has 1 N–H and O–H groups in total. The van der Waals surface area contributed by atoms with E-state index in [1.165, 1.54) is 43.6 Å². The Bertz CT molecular complexity index is 810. The second kappa shape index (κ2) is 12.9. The third kappa shape index (κ3) is 7.36. The smallest absolute Gasteiger partial charge is 0.194 e. The summed E-state index contributed by atoms with van der Waals surface area (Å²) in [5.74, 6) is 2.69. The molecule has 0 saturated carbocycles. The summed E-state index contributed by atoms with van der Waals surface area (Å²) in [5, 5.41) is 11.9. The van der Waals surface area contributed by atoms with Crippen LogP contribution in [0, 0.1) is 6.92 Å². The van der Waals surface area contributed by atoms with Gasteiger partial charge in [0, 0.05) is 46.0 Å². The number of aryl methyl sites for hydroxylation is 1. The standard InChI is InChI=1S/C23H37N7.HI/c1-5-6-14-24-23(25-17-22-27-26-19(2)29(22)4)28(3)18-20-10-12-21(13-11-20)30-15-8-7-9-16-30;/h10-13H,5-9,14-18H2,1-4H3,(H,24,25);1H. The van der Waals surface area contributed by atoms with Crippen molar-refractivity contribution in [1.29, 1.82) is 0 Å². The normalized spacial score (nSPS) is 14.3. The lowest BCUT2D eigenvalue weighted by Gasteiger charge is -2.29. The van der Waals surface area contributed by atoms with Crippen LogP contribution in [0.25, 0.3) is 0 Å². The van der Waals surface area contributed by atoms with Gasteiger partial charge in [-0.3, -0.25) is 0 Å². The molecule has 7 nitrogen and oxygen atoms in total. The van der Waals surface area contributed by atoms with Crippen molar-refractivity contribution < 1.29 is 0 Å². The quantitative estimate of drug-likeness (QED) is 0.237. The molecule has 172 valence electrons. The monoisotopic (exact) mass is 539 g/mol. The second-order valence-corrected chi connectivity index (χ2v) is 8.21. The highest BCUT2D eigenvalue weighted by Gasteiger charge is 2.12. The Morgan fingerprint density at radius 2 is 1.84 bits per heavy atom. The van der Waals surface area contributed by atoms with E-state index in [1.54, 1.807) is 0 Å². The molecule has 3 rings (SSSR count). The first-order chi connectivity index (χ1) is 14.6. The lowest BCUT2D eigenvalue weighted by atomic mass is 10.1. The third-order valence-electron chi connectivity index (χ3n) is 5.81. The molecule has 1 saturated heterocycles. The minimum Gasteiger partial charge on any atom is -0.372 e. The van der Waals surface area contributed by atoms with Gasteiger partial charge in [-0.2, -0.15) is 0 Å². The maximum Gasteiger partial charge on any atom is 0.194 e. The Morgan fingerprint density at radius 1 is 1.13 bits per heavy atom. The summed E-state index contributed by atoms with van der Waals surface area (Å²) in [4.78, 5) is 9.52. The topological polar surface area (TPSA) is 61.6 Å². The van der Waals surface area contributed by atoms with E-state index in [4.69, 9.17) is 4.99 Å². The molecule has 2 heterocycles. The number of guanidine groups is 1. The highest BCUT2D eigenvalue weighted by atomic mass is 127. The fourth-order valence-corrected chi connectivity index (χ4v) is 3.74. The highest BCUT2D eigenvalue weighted by Crippen LogP contribution is 2.20. The fraction of sp³-hybridized carbons (Fsp3) is 0.609. The van der Waals surface area contributed by atoms with E-state index >= 15 is 0 Å². The van der Waals surface area contributed by atoms with Gasteiger partial charge in [0.25, 0.3) is 0 Å². The number of nitrogens with one attached hydrogen (secondary N) is 1. The molecule has 0 atom stereocenters. The first-order valence-corrected chi connectivity index (χ1v) is 11.3. The maximum absolute atomic E-state index is 4.83. The zero-order valence-corrected chi connectivity index (χ0v) is 21.8. The molecule has 0 radical (unpaired) electrons. The van der Waals surface area contributed by atoms with Crippen LogP contribution in [-0.2, 0) is 20.1 Å². The molecule has 1 fully saturated rings. The van der Waals surface area contributed by atoms with E-state index in [9.17, 15) is 0 Å². The molecule has 0 spiro atoms. The molecule has 8 heteroatoms. The number of halogens is 1. The number of aromatic nitrogens is 3. The largest absolute Gasteiger partial charge is 0.372 e. The van der Waals surface area contributed by atoms with Crippen LogP contribution in [0.5, 0.6) is 0 Å². The minimum absolute atomic E-state index is 0. The van der Waals surface area contributed by atoms with Crippen molar-refractivity contribution in [2.75, 3.05) is 31.6 Å². The van der Waals surface area contributed by atoms with Crippen LogP contribution in [0.15, 0.2) is 29.3 Å². The average Bonchev–Trinajstić information content (AvgIpc) is 3.09. The van der Waals surface area contributed by atoms with Crippen LogP contribution < -0.4 is 10.2 Å². The summed E-state index contributed by atoms with van der Waals surface area (Å²) < 4.78 is 1.99.